The van der Waals surface area contributed by atoms with Crippen molar-refractivity contribution in [3.8, 4) is 5.75 Å². The van der Waals surface area contributed by atoms with Crippen LogP contribution in [0.1, 0.15) is 22.3 Å². The highest BCUT2D eigenvalue weighted by molar-refractivity contribution is 5.99. The van der Waals surface area contributed by atoms with Crippen molar-refractivity contribution in [2.75, 3.05) is 40.0 Å². The smallest absolute Gasteiger partial charge is 0.308 e. The Morgan fingerprint density at radius 3 is 2.50 bits per heavy atom. The maximum absolute atomic E-state index is 13.0. The maximum Gasteiger partial charge on any atom is 0.308 e. The van der Waals surface area contributed by atoms with E-state index in [1.807, 2.05) is 30.3 Å². The molecule has 170 valence electrons. The predicted octanol–water partition coefficient (Wildman–Crippen LogP) is 1.83. The number of hydrogen-bond donors (Lipinski definition) is 1. The van der Waals surface area contributed by atoms with Gasteiger partial charge >= 0.3 is 5.97 Å². The Hall–Kier alpha value is -3.39. The van der Waals surface area contributed by atoms with Gasteiger partial charge in [-0.2, -0.15) is 0 Å². The molecule has 2 aromatic rings. The molecular formula is C24H28N2O6. The molecule has 3 rings (SSSR count). The van der Waals surface area contributed by atoms with Crippen LogP contribution in [0.5, 0.6) is 5.75 Å². The molecule has 0 bridgehead atoms. The molecule has 1 fully saturated rings. The highest BCUT2D eigenvalue weighted by Gasteiger charge is 2.35. The fourth-order valence-electron chi connectivity index (χ4n) is 3.41. The highest BCUT2D eigenvalue weighted by Crippen LogP contribution is 2.18. The molecular weight excluding hydrogens is 412 g/mol. The number of amides is 2. The zero-order chi connectivity index (χ0) is 22.8. The SMILES string of the molecule is COCCOc1ccc(C(=O)N2CCNC(=O)[C@@H]2CC(=O)OCCc2ccccc2)cc1. The van der Waals surface area contributed by atoms with E-state index >= 15 is 0 Å². The van der Waals surface area contributed by atoms with E-state index in [2.05, 4.69) is 5.32 Å². The summed E-state index contributed by atoms with van der Waals surface area (Å²) in [5.41, 5.74) is 1.48. The van der Waals surface area contributed by atoms with Crippen LogP contribution in [-0.2, 0) is 25.5 Å². The summed E-state index contributed by atoms with van der Waals surface area (Å²) in [6, 6.07) is 15.4. The van der Waals surface area contributed by atoms with Crippen molar-refractivity contribution in [3.05, 3.63) is 65.7 Å². The second kappa shape index (κ2) is 11.9. The molecule has 2 amide bonds. The molecule has 0 unspecified atom stereocenters. The van der Waals surface area contributed by atoms with Gasteiger partial charge in [-0.3, -0.25) is 14.4 Å². The second-order valence-electron chi connectivity index (χ2n) is 7.33. The highest BCUT2D eigenvalue weighted by atomic mass is 16.5. The van der Waals surface area contributed by atoms with E-state index in [-0.39, 0.29) is 24.8 Å². The van der Waals surface area contributed by atoms with Crippen LogP contribution in [0.25, 0.3) is 0 Å². The Balaban J connectivity index is 1.57. The minimum absolute atomic E-state index is 0.190. The van der Waals surface area contributed by atoms with Crippen LogP contribution < -0.4 is 10.1 Å². The first kappa shape index (κ1) is 23.3. The van der Waals surface area contributed by atoms with Crippen molar-refractivity contribution >= 4 is 17.8 Å². The summed E-state index contributed by atoms with van der Waals surface area (Å²) in [4.78, 5) is 39.3. The molecule has 1 saturated heterocycles. The van der Waals surface area contributed by atoms with Gasteiger partial charge in [0, 0.05) is 32.2 Å². The van der Waals surface area contributed by atoms with Crippen LogP contribution in [0, 0.1) is 0 Å². The third kappa shape index (κ3) is 6.55. The van der Waals surface area contributed by atoms with E-state index in [0.29, 0.717) is 44.0 Å². The number of esters is 1. The standard InChI is InChI=1S/C24H28N2O6/c1-30-15-16-31-20-9-7-19(8-10-20)24(29)26-13-12-25-23(28)21(26)17-22(27)32-14-11-18-5-3-2-4-6-18/h2-10,21H,11-17H2,1H3,(H,25,28)/t21-/m0/s1. The fourth-order valence-corrected chi connectivity index (χ4v) is 3.41. The van der Waals surface area contributed by atoms with Gasteiger partial charge in [0.25, 0.3) is 5.91 Å². The van der Waals surface area contributed by atoms with Gasteiger partial charge in [0.05, 0.1) is 19.6 Å². The van der Waals surface area contributed by atoms with E-state index in [9.17, 15) is 14.4 Å². The van der Waals surface area contributed by atoms with Crippen molar-refractivity contribution in [2.24, 2.45) is 0 Å². The molecule has 2 aromatic carbocycles. The quantitative estimate of drug-likeness (QED) is 0.448. The fraction of sp³-hybridized carbons (Fsp3) is 0.375. The molecule has 1 atom stereocenters. The van der Waals surface area contributed by atoms with Crippen LogP contribution in [0.4, 0.5) is 0 Å². The lowest BCUT2D eigenvalue weighted by molar-refractivity contribution is -0.147. The summed E-state index contributed by atoms with van der Waals surface area (Å²) >= 11 is 0. The average Bonchev–Trinajstić information content (AvgIpc) is 2.81. The van der Waals surface area contributed by atoms with Crippen molar-refractivity contribution in [1.82, 2.24) is 10.2 Å². The molecule has 32 heavy (non-hydrogen) atoms. The summed E-state index contributed by atoms with van der Waals surface area (Å²) in [6.45, 7) is 1.74. The number of piperazine rings is 1. The topological polar surface area (TPSA) is 94.2 Å². The molecule has 0 aliphatic carbocycles. The summed E-state index contributed by atoms with van der Waals surface area (Å²) in [7, 11) is 1.59. The molecule has 0 spiro atoms. The largest absolute Gasteiger partial charge is 0.491 e. The number of ether oxygens (including phenoxy) is 3. The summed E-state index contributed by atoms with van der Waals surface area (Å²) in [5, 5.41) is 2.72. The average molecular weight is 440 g/mol. The zero-order valence-electron chi connectivity index (χ0n) is 18.1. The molecule has 1 aliphatic heterocycles. The van der Waals surface area contributed by atoms with Crippen molar-refractivity contribution < 1.29 is 28.6 Å². The molecule has 1 aliphatic rings. The Kier molecular flexibility index (Phi) is 8.62. The van der Waals surface area contributed by atoms with Gasteiger partial charge in [0.2, 0.25) is 5.91 Å². The summed E-state index contributed by atoms with van der Waals surface area (Å²) < 4.78 is 15.8. The molecule has 0 aromatic heterocycles. The molecule has 1 heterocycles. The normalized spacial score (nSPS) is 15.7. The van der Waals surface area contributed by atoms with Gasteiger partial charge < -0.3 is 24.4 Å². The lowest BCUT2D eigenvalue weighted by Crippen LogP contribution is -2.57. The lowest BCUT2D eigenvalue weighted by atomic mass is 10.1. The third-order valence-electron chi connectivity index (χ3n) is 5.11. The Morgan fingerprint density at radius 2 is 1.78 bits per heavy atom. The number of hydrogen-bond acceptors (Lipinski definition) is 6. The van der Waals surface area contributed by atoms with Gasteiger partial charge in [-0.15, -0.1) is 0 Å². The van der Waals surface area contributed by atoms with Crippen LogP contribution >= 0.6 is 0 Å². The van der Waals surface area contributed by atoms with Crippen molar-refractivity contribution in [3.63, 3.8) is 0 Å². The van der Waals surface area contributed by atoms with Gasteiger partial charge in [-0.05, 0) is 29.8 Å². The van der Waals surface area contributed by atoms with Gasteiger partial charge in [-0.1, -0.05) is 30.3 Å². The predicted molar refractivity (Wildman–Crippen MR) is 117 cm³/mol. The van der Waals surface area contributed by atoms with Crippen LogP contribution in [-0.4, -0.2) is 68.7 Å². The van der Waals surface area contributed by atoms with Gasteiger partial charge in [-0.25, -0.2) is 0 Å². The monoisotopic (exact) mass is 440 g/mol. The Bertz CT molecular complexity index is 900. The van der Waals surface area contributed by atoms with E-state index in [1.165, 1.54) is 4.90 Å². The van der Waals surface area contributed by atoms with E-state index < -0.39 is 12.0 Å². The second-order valence-corrected chi connectivity index (χ2v) is 7.33. The first-order valence-electron chi connectivity index (χ1n) is 10.6. The van der Waals surface area contributed by atoms with Gasteiger partial charge in [0.1, 0.15) is 18.4 Å². The Labute approximate surface area is 187 Å². The number of carbonyl (C=O) groups is 3. The van der Waals surface area contributed by atoms with Crippen LogP contribution in [0.3, 0.4) is 0 Å². The first-order chi connectivity index (χ1) is 15.6. The van der Waals surface area contributed by atoms with Crippen molar-refractivity contribution in [1.29, 1.82) is 0 Å². The van der Waals surface area contributed by atoms with E-state index in [1.54, 1.807) is 31.4 Å². The van der Waals surface area contributed by atoms with Crippen molar-refractivity contribution in [2.45, 2.75) is 18.9 Å². The number of rotatable bonds is 10. The lowest BCUT2D eigenvalue weighted by Gasteiger charge is -2.34. The molecule has 0 radical (unpaired) electrons. The van der Waals surface area contributed by atoms with E-state index in [0.717, 1.165) is 5.56 Å². The van der Waals surface area contributed by atoms with E-state index in [4.69, 9.17) is 14.2 Å². The molecule has 1 N–H and O–H groups in total. The minimum Gasteiger partial charge on any atom is -0.491 e. The number of benzene rings is 2. The Morgan fingerprint density at radius 1 is 1.03 bits per heavy atom. The number of nitrogens with one attached hydrogen (secondary N) is 1. The minimum atomic E-state index is -0.905. The maximum atomic E-state index is 13.0. The van der Waals surface area contributed by atoms with Crippen LogP contribution in [0.15, 0.2) is 54.6 Å². The first-order valence-corrected chi connectivity index (χ1v) is 10.6. The van der Waals surface area contributed by atoms with Gasteiger partial charge in [0.15, 0.2) is 0 Å². The summed E-state index contributed by atoms with van der Waals surface area (Å²) in [6.07, 6.45) is 0.398. The number of nitrogens with zero attached hydrogens (tertiary/aromatic N) is 1. The number of carbonyl (C=O) groups excluding carboxylic acids is 3. The zero-order valence-corrected chi connectivity index (χ0v) is 18.1. The third-order valence-corrected chi connectivity index (χ3v) is 5.11. The number of methoxy groups -OCH3 is 1. The molecule has 0 saturated carbocycles. The molecule has 8 heteroatoms. The molecule has 8 nitrogen and oxygen atoms in total. The van der Waals surface area contributed by atoms with Crippen LogP contribution in [0.2, 0.25) is 0 Å². The summed E-state index contributed by atoms with van der Waals surface area (Å²) in [5.74, 6) is -0.564.